The number of hydrogen-bond acceptors (Lipinski definition) is 2. The lowest BCUT2D eigenvalue weighted by Gasteiger charge is -1.91. The highest BCUT2D eigenvalue weighted by Gasteiger charge is 2.07. The summed E-state index contributed by atoms with van der Waals surface area (Å²) in [7, 11) is 0. The molecule has 2 aromatic rings. The van der Waals surface area contributed by atoms with Gasteiger partial charge in [-0.1, -0.05) is 24.8 Å². The summed E-state index contributed by atoms with van der Waals surface area (Å²) in [6.45, 7) is 5.56. The largest absolute Gasteiger partial charge is 0.441 e. The summed E-state index contributed by atoms with van der Waals surface area (Å²) in [5, 5.41) is 0. The summed E-state index contributed by atoms with van der Waals surface area (Å²) >= 11 is 0. The molecule has 2 rings (SSSR count). The number of aryl methyl sites for hydroxylation is 1. The van der Waals surface area contributed by atoms with Crippen LogP contribution in [0.4, 0.5) is 0 Å². The lowest BCUT2D eigenvalue weighted by Crippen LogP contribution is -1.76. The van der Waals surface area contributed by atoms with Crippen LogP contribution in [0.15, 0.2) is 41.3 Å². The first-order chi connectivity index (χ1) is 6.81. The smallest absolute Gasteiger partial charge is 0.226 e. The second kappa shape index (κ2) is 3.50. The van der Waals surface area contributed by atoms with Crippen molar-refractivity contribution in [3.63, 3.8) is 0 Å². The van der Waals surface area contributed by atoms with Crippen LogP contribution in [0.5, 0.6) is 0 Å². The van der Waals surface area contributed by atoms with Crippen molar-refractivity contribution in [3.05, 3.63) is 48.4 Å². The lowest BCUT2D eigenvalue weighted by atomic mass is 10.2. The molecule has 0 atom stereocenters. The Morgan fingerprint density at radius 2 is 2.00 bits per heavy atom. The van der Waals surface area contributed by atoms with Gasteiger partial charge >= 0.3 is 0 Å². The summed E-state index contributed by atoms with van der Waals surface area (Å²) < 4.78 is 5.51. The summed E-state index contributed by atoms with van der Waals surface area (Å²) in [6.07, 6.45) is 1.70. The molecular formula is C12H11NO. The minimum absolute atomic E-state index is 0.651. The predicted octanol–water partition coefficient (Wildman–Crippen LogP) is 3.29. The average Bonchev–Trinajstić information content (AvgIpc) is 2.61. The Bertz CT molecular complexity index is 443. The van der Waals surface area contributed by atoms with Crippen LogP contribution in [0.3, 0.4) is 0 Å². The Morgan fingerprint density at radius 3 is 2.57 bits per heavy atom. The molecule has 0 amide bonds. The van der Waals surface area contributed by atoms with E-state index in [1.54, 1.807) is 6.08 Å². The van der Waals surface area contributed by atoms with E-state index in [0.29, 0.717) is 5.89 Å². The number of benzene rings is 1. The van der Waals surface area contributed by atoms with Gasteiger partial charge in [-0.25, -0.2) is 4.98 Å². The second-order valence-corrected chi connectivity index (χ2v) is 3.03. The number of rotatable bonds is 2. The van der Waals surface area contributed by atoms with Gasteiger partial charge in [0.05, 0.1) is 0 Å². The van der Waals surface area contributed by atoms with E-state index in [1.807, 2.05) is 37.3 Å². The topological polar surface area (TPSA) is 26.0 Å². The SMILES string of the molecule is C=Cc1nc(-c2ccccc2)oc1C. The third-order valence-corrected chi connectivity index (χ3v) is 2.05. The number of nitrogens with zero attached hydrogens (tertiary/aromatic N) is 1. The van der Waals surface area contributed by atoms with Gasteiger partial charge in [0, 0.05) is 5.56 Å². The van der Waals surface area contributed by atoms with Gasteiger partial charge in [0.25, 0.3) is 0 Å². The molecule has 2 nitrogen and oxygen atoms in total. The van der Waals surface area contributed by atoms with E-state index in [4.69, 9.17) is 4.42 Å². The predicted molar refractivity (Wildman–Crippen MR) is 56.8 cm³/mol. The molecule has 0 unspecified atom stereocenters. The van der Waals surface area contributed by atoms with Crippen molar-refractivity contribution >= 4 is 6.08 Å². The Hall–Kier alpha value is -1.83. The minimum atomic E-state index is 0.651. The molecule has 0 fully saturated rings. The molecule has 0 saturated heterocycles. The van der Waals surface area contributed by atoms with Crippen molar-refractivity contribution in [2.75, 3.05) is 0 Å². The average molecular weight is 185 g/mol. The van der Waals surface area contributed by atoms with Gasteiger partial charge in [-0.05, 0) is 25.1 Å². The third-order valence-electron chi connectivity index (χ3n) is 2.05. The van der Waals surface area contributed by atoms with Crippen LogP contribution < -0.4 is 0 Å². The van der Waals surface area contributed by atoms with E-state index < -0.39 is 0 Å². The van der Waals surface area contributed by atoms with Crippen LogP contribution in [0, 0.1) is 6.92 Å². The van der Waals surface area contributed by atoms with Crippen LogP contribution >= 0.6 is 0 Å². The minimum Gasteiger partial charge on any atom is -0.441 e. The molecule has 1 aromatic carbocycles. The van der Waals surface area contributed by atoms with E-state index in [-0.39, 0.29) is 0 Å². The van der Waals surface area contributed by atoms with Crippen molar-refractivity contribution in [1.82, 2.24) is 4.98 Å². The summed E-state index contributed by atoms with van der Waals surface area (Å²) in [5.74, 6) is 1.46. The maximum atomic E-state index is 5.51. The first kappa shape index (κ1) is 8.75. The Morgan fingerprint density at radius 1 is 1.29 bits per heavy atom. The summed E-state index contributed by atoms with van der Waals surface area (Å²) in [5.41, 5.74) is 1.80. The molecule has 0 spiro atoms. The first-order valence-electron chi connectivity index (χ1n) is 4.46. The zero-order valence-electron chi connectivity index (χ0n) is 8.03. The molecular weight excluding hydrogens is 174 g/mol. The van der Waals surface area contributed by atoms with Crippen LogP contribution in [-0.4, -0.2) is 4.98 Å². The van der Waals surface area contributed by atoms with Gasteiger partial charge < -0.3 is 4.42 Å². The highest BCUT2D eigenvalue weighted by molar-refractivity contribution is 5.56. The molecule has 0 aliphatic heterocycles. The molecule has 1 aromatic heterocycles. The van der Waals surface area contributed by atoms with Crippen LogP contribution in [0.25, 0.3) is 17.5 Å². The molecule has 0 radical (unpaired) electrons. The van der Waals surface area contributed by atoms with Crippen molar-refractivity contribution in [2.24, 2.45) is 0 Å². The highest BCUT2D eigenvalue weighted by Crippen LogP contribution is 2.21. The van der Waals surface area contributed by atoms with Gasteiger partial charge in [0.15, 0.2) is 0 Å². The Kier molecular flexibility index (Phi) is 2.19. The van der Waals surface area contributed by atoms with Crippen molar-refractivity contribution in [2.45, 2.75) is 6.92 Å². The molecule has 0 N–H and O–H groups in total. The first-order valence-corrected chi connectivity index (χ1v) is 4.46. The normalized spacial score (nSPS) is 10.1. The van der Waals surface area contributed by atoms with Crippen molar-refractivity contribution in [1.29, 1.82) is 0 Å². The monoisotopic (exact) mass is 185 g/mol. The molecule has 0 aliphatic rings. The number of oxazole rings is 1. The summed E-state index contributed by atoms with van der Waals surface area (Å²) in [6, 6.07) is 9.83. The molecule has 14 heavy (non-hydrogen) atoms. The molecule has 70 valence electrons. The molecule has 1 heterocycles. The fraction of sp³-hybridized carbons (Fsp3) is 0.0833. The van der Waals surface area contributed by atoms with Gasteiger partial charge in [-0.2, -0.15) is 0 Å². The van der Waals surface area contributed by atoms with Crippen molar-refractivity contribution < 1.29 is 4.42 Å². The zero-order chi connectivity index (χ0) is 9.97. The van der Waals surface area contributed by atoms with E-state index in [0.717, 1.165) is 17.0 Å². The van der Waals surface area contributed by atoms with Gasteiger partial charge in [0.2, 0.25) is 5.89 Å². The Labute approximate surface area is 82.9 Å². The number of aromatic nitrogens is 1. The Balaban J connectivity index is 2.48. The van der Waals surface area contributed by atoms with Gasteiger partial charge in [-0.15, -0.1) is 0 Å². The van der Waals surface area contributed by atoms with E-state index >= 15 is 0 Å². The quantitative estimate of drug-likeness (QED) is 0.717. The van der Waals surface area contributed by atoms with Crippen LogP contribution in [0.2, 0.25) is 0 Å². The summed E-state index contributed by atoms with van der Waals surface area (Å²) in [4.78, 5) is 4.31. The molecule has 0 bridgehead atoms. The van der Waals surface area contributed by atoms with Crippen LogP contribution in [-0.2, 0) is 0 Å². The van der Waals surface area contributed by atoms with E-state index in [9.17, 15) is 0 Å². The molecule has 0 aliphatic carbocycles. The fourth-order valence-electron chi connectivity index (χ4n) is 1.30. The van der Waals surface area contributed by atoms with E-state index in [2.05, 4.69) is 11.6 Å². The second-order valence-electron chi connectivity index (χ2n) is 3.03. The van der Waals surface area contributed by atoms with Gasteiger partial charge in [-0.3, -0.25) is 0 Å². The maximum Gasteiger partial charge on any atom is 0.226 e. The fourth-order valence-corrected chi connectivity index (χ4v) is 1.30. The lowest BCUT2D eigenvalue weighted by molar-refractivity contribution is 0.542. The van der Waals surface area contributed by atoms with Crippen molar-refractivity contribution in [3.8, 4) is 11.5 Å². The zero-order valence-corrected chi connectivity index (χ0v) is 8.03. The number of hydrogen-bond donors (Lipinski definition) is 0. The van der Waals surface area contributed by atoms with Crippen LogP contribution in [0.1, 0.15) is 11.5 Å². The highest BCUT2D eigenvalue weighted by atomic mass is 16.4. The molecule has 0 saturated carbocycles. The molecule has 2 heteroatoms. The standard InChI is InChI=1S/C12H11NO/c1-3-11-9(2)14-12(13-11)10-7-5-4-6-8-10/h3-8H,1H2,2H3. The van der Waals surface area contributed by atoms with Gasteiger partial charge in [0.1, 0.15) is 11.5 Å². The van der Waals surface area contributed by atoms with E-state index in [1.165, 1.54) is 0 Å². The maximum absolute atomic E-state index is 5.51. The third kappa shape index (κ3) is 1.46.